The fourth-order valence-corrected chi connectivity index (χ4v) is 2.77. The predicted molar refractivity (Wildman–Crippen MR) is 96.0 cm³/mol. The highest BCUT2D eigenvalue weighted by molar-refractivity contribution is 6.10. The molecule has 6 nitrogen and oxygen atoms in total. The Kier molecular flexibility index (Phi) is 5.26. The molecule has 26 heavy (non-hydrogen) atoms. The van der Waals surface area contributed by atoms with Gasteiger partial charge in [0.05, 0.1) is 6.04 Å². The van der Waals surface area contributed by atoms with Crippen molar-refractivity contribution in [1.82, 2.24) is 4.90 Å². The van der Waals surface area contributed by atoms with E-state index in [1.165, 1.54) is 0 Å². The third kappa shape index (κ3) is 3.64. The van der Waals surface area contributed by atoms with E-state index in [0.29, 0.717) is 0 Å². The van der Waals surface area contributed by atoms with E-state index in [1.807, 2.05) is 30.3 Å². The standard InChI is InChI=1S/C20H25NO5/c1-13-16(22)21(18(24)26-19(3,4)5)14(2)20(13,6)17(23)25-12-15-10-8-7-9-11-15/h7-11,14H,1,12H2,2-6H3/t14-,20+/m0/s1. The fourth-order valence-electron chi connectivity index (χ4n) is 2.77. The van der Waals surface area contributed by atoms with E-state index in [1.54, 1.807) is 34.6 Å². The van der Waals surface area contributed by atoms with E-state index >= 15 is 0 Å². The minimum absolute atomic E-state index is 0.0221. The molecule has 2 rings (SSSR count). The molecule has 1 saturated heterocycles. The number of esters is 1. The zero-order chi connectivity index (χ0) is 19.7. The summed E-state index contributed by atoms with van der Waals surface area (Å²) in [5.74, 6) is -1.22. The van der Waals surface area contributed by atoms with Crippen molar-refractivity contribution in [3.05, 3.63) is 48.0 Å². The number of rotatable bonds is 3. The van der Waals surface area contributed by atoms with Crippen LogP contribution in [0.15, 0.2) is 42.5 Å². The van der Waals surface area contributed by atoms with E-state index in [-0.39, 0.29) is 12.2 Å². The summed E-state index contributed by atoms with van der Waals surface area (Å²) in [6.45, 7) is 12.1. The molecule has 0 saturated carbocycles. The van der Waals surface area contributed by atoms with Crippen molar-refractivity contribution < 1.29 is 23.9 Å². The van der Waals surface area contributed by atoms with Crippen LogP contribution in [0.2, 0.25) is 0 Å². The lowest BCUT2D eigenvalue weighted by atomic mass is 9.80. The number of ether oxygens (including phenoxy) is 2. The molecule has 0 aliphatic carbocycles. The van der Waals surface area contributed by atoms with Gasteiger partial charge in [0.25, 0.3) is 5.91 Å². The van der Waals surface area contributed by atoms with Gasteiger partial charge >= 0.3 is 12.1 Å². The molecule has 6 heteroatoms. The number of amides is 2. The summed E-state index contributed by atoms with van der Waals surface area (Å²) < 4.78 is 10.7. The molecular formula is C20H25NO5. The maximum atomic E-state index is 12.7. The molecule has 1 aliphatic rings. The average Bonchev–Trinajstić information content (AvgIpc) is 2.73. The van der Waals surface area contributed by atoms with Crippen molar-refractivity contribution in [2.45, 2.75) is 52.9 Å². The summed E-state index contributed by atoms with van der Waals surface area (Å²) >= 11 is 0. The molecule has 2 atom stereocenters. The Bertz CT molecular complexity index is 734. The molecular weight excluding hydrogens is 334 g/mol. The van der Waals surface area contributed by atoms with Crippen LogP contribution in [0.4, 0.5) is 4.79 Å². The van der Waals surface area contributed by atoms with Gasteiger partial charge < -0.3 is 9.47 Å². The molecule has 1 aromatic carbocycles. The summed E-state index contributed by atoms with van der Waals surface area (Å²) in [7, 11) is 0. The number of hydrogen-bond donors (Lipinski definition) is 0. The number of carbonyl (C=O) groups excluding carboxylic acids is 3. The molecule has 0 radical (unpaired) electrons. The van der Waals surface area contributed by atoms with E-state index in [4.69, 9.17) is 9.47 Å². The molecule has 0 unspecified atom stereocenters. The smallest absolute Gasteiger partial charge is 0.417 e. The lowest BCUT2D eigenvalue weighted by molar-refractivity contribution is -0.155. The van der Waals surface area contributed by atoms with Gasteiger partial charge in [-0.05, 0) is 40.2 Å². The summed E-state index contributed by atoms with van der Waals surface area (Å²) in [4.78, 5) is 38.6. The Labute approximate surface area is 153 Å². The van der Waals surface area contributed by atoms with Crippen molar-refractivity contribution in [3.63, 3.8) is 0 Å². The van der Waals surface area contributed by atoms with Crippen LogP contribution in [-0.4, -0.2) is 34.5 Å². The Morgan fingerprint density at radius 3 is 2.35 bits per heavy atom. The lowest BCUT2D eigenvalue weighted by Crippen LogP contribution is -2.46. The van der Waals surface area contributed by atoms with Crippen LogP contribution in [0, 0.1) is 5.41 Å². The Morgan fingerprint density at radius 2 is 1.81 bits per heavy atom. The van der Waals surface area contributed by atoms with Crippen LogP contribution >= 0.6 is 0 Å². The van der Waals surface area contributed by atoms with Crippen molar-refractivity contribution >= 4 is 18.0 Å². The number of imide groups is 1. The van der Waals surface area contributed by atoms with Crippen LogP contribution < -0.4 is 0 Å². The second kappa shape index (κ2) is 6.94. The Morgan fingerprint density at radius 1 is 1.23 bits per heavy atom. The summed E-state index contributed by atoms with van der Waals surface area (Å²) in [6, 6.07) is 8.46. The first-order valence-electron chi connectivity index (χ1n) is 8.45. The second-order valence-corrected chi connectivity index (χ2v) is 7.57. The van der Waals surface area contributed by atoms with Gasteiger partial charge in [-0.2, -0.15) is 0 Å². The van der Waals surface area contributed by atoms with E-state index in [2.05, 4.69) is 6.58 Å². The van der Waals surface area contributed by atoms with Crippen molar-refractivity contribution in [2.24, 2.45) is 5.41 Å². The van der Waals surface area contributed by atoms with Gasteiger partial charge in [0, 0.05) is 5.57 Å². The number of hydrogen-bond acceptors (Lipinski definition) is 5. The quantitative estimate of drug-likeness (QED) is 0.610. The fraction of sp³-hybridized carbons (Fsp3) is 0.450. The topological polar surface area (TPSA) is 72.9 Å². The van der Waals surface area contributed by atoms with E-state index in [9.17, 15) is 14.4 Å². The molecule has 1 aromatic rings. The maximum Gasteiger partial charge on any atom is 0.417 e. The van der Waals surface area contributed by atoms with Gasteiger partial charge in [0.2, 0.25) is 0 Å². The van der Waals surface area contributed by atoms with E-state index in [0.717, 1.165) is 10.5 Å². The molecule has 140 valence electrons. The van der Waals surface area contributed by atoms with Crippen LogP contribution in [0.1, 0.15) is 40.2 Å². The first kappa shape index (κ1) is 19.7. The summed E-state index contributed by atoms with van der Waals surface area (Å²) in [5, 5.41) is 0. The van der Waals surface area contributed by atoms with Gasteiger partial charge in [-0.15, -0.1) is 0 Å². The first-order chi connectivity index (χ1) is 12.0. The predicted octanol–water partition coefficient (Wildman–Crippen LogP) is 3.46. The van der Waals surface area contributed by atoms with E-state index < -0.39 is 35.0 Å². The molecule has 1 fully saturated rings. The third-order valence-corrected chi connectivity index (χ3v) is 4.55. The molecule has 0 bridgehead atoms. The average molecular weight is 359 g/mol. The van der Waals surface area contributed by atoms with Crippen molar-refractivity contribution in [2.75, 3.05) is 0 Å². The molecule has 2 amide bonds. The largest absolute Gasteiger partial charge is 0.460 e. The van der Waals surface area contributed by atoms with Crippen LogP contribution in [0.3, 0.4) is 0 Å². The van der Waals surface area contributed by atoms with Gasteiger partial charge in [-0.25, -0.2) is 9.69 Å². The number of carbonyl (C=O) groups is 3. The number of benzene rings is 1. The maximum absolute atomic E-state index is 12.7. The molecule has 0 aromatic heterocycles. The zero-order valence-corrected chi connectivity index (χ0v) is 15.9. The first-order valence-corrected chi connectivity index (χ1v) is 8.45. The van der Waals surface area contributed by atoms with Crippen LogP contribution in [0.25, 0.3) is 0 Å². The molecule has 0 N–H and O–H groups in total. The van der Waals surface area contributed by atoms with Crippen LogP contribution in [-0.2, 0) is 25.7 Å². The Balaban J connectivity index is 2.19. The van der Waals surface area contributed by atoms with Gasteiger partial charge in [-0.1, -0.05) is 36.9 Å². The minimum atomic E-state index is -1.33. The second-order valence-electron chi connectivity index (χ2n) is 7.57. The van der Waals surface area contributed by atoms with Crippen molar-refractivity contribution in [1.29, 1.82) is 0 Å². The number of likely N-dealkylation sites (tertiary alicyclic amines) is 1. The highest BCUT2D eigenvalue weighted by atomic mass is 16.6. The zero-order valence-electron chi connectivity index (χ0n) is 15.9. The monoisotopic (exact) mass is 359 g/mol. The summed E-state index contributed by atoms with van der Waals surface area (Å²) in [6.07, 6.45) is -0.796. The normalized spacial score (nSPS) is 23.1. The van der Waals surface area contributed by atoms with Gasteiger partial charge in [0.15, 0.2) is 0 Å². The molecule has 1 aliphatic heterocycles. The minimum Gasteiger partial charge on any atom is -0.460 e. The third-order valence-electron chi connectivity index (χ3n) is 4.55. The highest BCUT2D eigenvalue weighted by Gasteiger charge is 2.58. The Hall–Kier alpha value is -2.63. The lowest BCUT2D eigenvalue weighted by Gasteiger charge is -2.30. The molecule has 1 heterocycles. The SMILES string of the molecule is C=C1C(=O)N(C(=O)OC(C)(C)C)[C@@H](C)[C@]1(C)C(=O)OCc1ccccc1. The summed E-state index contributed by atoms with van der Waals surface area (Å²) in [5.41, 5.74) is -1.24. The number of nitrogens with zero attached hydrogens (tertiary/aromatic N) is 1. The highest BCUT2D eigenvalue weighted by Crippen LogP contribution is 2.42. The van der Waals surface area contributed by atoms with Crippen LogP contribution in [0.5, 0.6) is 0 Å². The van der Waals surface area contributed by atoms with Gasteiger partial charge in [-0.3, -0.25) is 9.59 Å². The van der Waals surface area contributed by atoms with Crippen molar-refractivity contribution in [3.8, 4) is 0 Å². The molecule has 0 spiro atoms. The van der Waals surface area contributed by atoms with Gasteiger partial charge in [0.1, 0.15) is 17.6 Å².